The van der Waals surface area contributed by atoms with Crippen molar-refractivity contribution in [2.24, 2.45) is 11.7 Å². The number of nitrogens with zero attached hydrogens (tertiary/aromatic N) is 1. The molecule has 3 unspecified atom stereocenters. The molecule has 2 saturated carbocycles. The van der Waals surface area contributed by atoms with E-state index in [9.17, 15) is 9.59 Å². The molecule has 1 heterocycles. The number of nitrogens with one attached hydrogen (secondary N) is 1. The number of amides is 2. The first-order valence-electron chi connectivity index (χ1n) is 8.50. The van der Waals surface area contributed by atoms with E-state index in [2.05, 4.69) is 5.32 Å². The molecule has 0 spiro atoms. The monoisotopic (exact) mass is 293 g/mol. The van der Waals surface area contributed by atoms with E-state index in [0.29, 0.717) is 18.4 Å². The van der Waals surface area contributed by atoms with E-state index in [4.69, 9.17) is 5.73 Å². The first-order valence-corrected chi connectivity index (χ1v) is 8.50. The molecule has 3 aliphatic rings. The van der Waals surface area contributed by atoms with Crippen LogP contribution < -0.4 is 11.1 Å². The van der Waals surface area contributed by atoms with E-state index >= 15 is 0 Å². The summed E-state index contributed by atoms with van der Waals surface area (Å²) in [6, 6.07) is 0.281. The van der Waals surface area contributed by atoms with Crippen molar-refractivity contribution in [2.75, 3.05) is 6.54 Å². The molecule has 0 bridgehead atoms. The van der Waals surface area contributed by atoms with Crippen LogP contribution in [-0.4, -0.2) is 41.4 Å². The standard InChI is InChI=1S/C16H27N3O2/c17-13-5-2-1-4-11(13)10-15(20)19-9-3-6-14(19)16(21)18-12-7-8-12/h11-14H,1-10,17H2,(H,18,21). The van der Waals surface area contributed by atoms with Gasteiger partial charge in [-0.25, -0.2) is 0 Å². The largest absolute Gasteiger partial charge is 0.352 e. The summed E-state index contributed by atoms with van der Waals surface area (Å²) in [4.78, 5) is 26.6. The lowest BCUT2D eigenvalue weighted by molar-refractivity contribution is -0.139. The zero-order valence-electron chi connectivity index (χ0n) is 12.7. The molecule has 0 radical (unpaired) electrons. The minimum absolute atomic E-state index is 0.0521. The third-order valence-corrected chi connectivity index (χ3v) is 5.20. The SMILES string of the molecule is NC1CCCCC1CC(=O)N1CCCC1C(=O)NC1CC1. The highest BCUT2D eigenvalue weighted by atomic mass is 16.2. The van der Waals surface area contributed by atoms with E-state index in [1.807, 2.05) is 0 Å². The van der Waals surface area contributed by atoms with Gasteiger partial charge >= 0.3 is 0 Å². The maximum atomic E-state index is 12.6. The molecule has 1 saturated heterocycles. The van der Waals surface area contributed by atoms with E-state index in [1.54, 1.807) is 4.90 Å². The molecule has 3 atom stereocenters. The predicted molar refractivity (Wildman–Crippen MR) is 80.5 cm³/mol. The molecule has 5 nitrogen and oxygen atoms in total. The summed E-state index contributed by atoms with van der Waals surface area (Å²) in [6.07, 6.45) is 8.88. The normalized spacial score (nSPS) is 33.0. The second-order valence-corrected chi connectivity index (χ2v) is 6.94. The summed E-state index contributed by atoms with van der Waals surface area (Å²) in [5.41, 5.74) is 6.14. The Morgan fingerprint density at radius 3 is 2.52 bits per heavy atom. The van der Waals surface area contributed by atoms with E-state index in [0.717, 1.165) is 45.1 Å². The van der Waals surface area contributed by atoms with Gasteiger partial charge in [-0.15, -0.1) is 0 Å². The van der Waals surface area contributed by atoms with Crippen LogP contribution in [0.2, 0.25) is 0 Å². The van der Waals surface area contributed by atoms with Crippen LogP contribution in [0.4, 0.5) is 0 Å². The number of carbonyl (C=O) groups excluding carboxylic acids is 2. The zero-order chi connectivity index (χ0) is 14.8. The van der Waals surface area contributed by atoms with Gasteiger partial charge in [0.25, 0.3) is 0 Å². The van der Waals surface area contributed by atoms with Crippen molar-refractivity contribution < 1.29 is 9.59 Å². The van der Waals surface area contributed by atoms with Gasteiger partial charge in [0.05, 0.1) is 0 Å². The van der Waals surface area contributed by atoms with Crippen molar-refractivity contribution in [3.63, 3.8) is 0 Å². The average Bonchev–Trinajstić information content (AvgIpc) is 3.14. The van der Waals surface area contributed by atoms with Crippen molar-refractivity contribution in [1.82, 2.24) is 10.2 Å². The van der Waals surface area contributed by atoms with Crippen molar-refractivity contribution in [3.8, 4) is 0 Å². The molecule has 3 rings (SSSR count). The van der Waals surface area contributed by atoms with E-state index in [1.165, 1.54) is 12.8 Å². The Morgan fingerprint density at radius 2 is 1.81 bits per heavy atom. The number of hydrogen-bond acceptors (Lipinski definition) is 3. The lowest BCUT2D eigenvalue weighted by Gasteiger charge is -2.31. The van der Waals surface area contributed by atoms with Crippen LogP contribution in [0.1, 0.15) is 57.8 Å². The summed E-state index contributed by atoms with van der Waals surface area (Å²) in [7, 11) is 0. The Bertz CT molecular complexity index is 408. The van der Waals surface area contributed by atoms with Crippen molar-refractivity contribution in [3.05, 3.63) is 0 Å². The van der Waals surface area contributed by atoms with Crippen LogP contribution in [0.15, 0.2) is 0 Å². The van der Waals surface area contributed by atoms with Gasteiger partial charge in [0, 0.05) is 25.0 Å². The minimum atomic E-state index is -0.238. The number of rotatable bonds is 4. The molecule has 1 aliphatic heterocycles. The summed E-state index contributed by atoms with van der Waals surface area (Å²) in [6.45, 7) is 0.726. The highest BCUT2D eigenvalue weighted by molar-refractivity contribution is 5.88. The van der Waals surface area contributed by atoms with Gasteiger partial charge in [0.1, 0.15) is 6.04 Å². The molecule has 3 N–H and O–H groups in total. The maximum Gasteiger partial charge on any atom is 0.243 e. The third kappa shape index (κ3) is 3.57. The molecule has 118 valence electrons. The molecular formula is C16H27N3O2. The smallest absolute Gasteiger partial charge is 0.243 e. The molecule has 2 aliphatic carbocycles. The number of hydrogen-bond donors (Lipinski definition) is 2. The van der Waals surface area contributed by atoms with Crippen molar-refractivity contribution >= 4 is 11.8 Å². The fraction of sp³-hybridized carbons (Fsp3) is 0.875. The predicted octanol–water partition coefficient (Wildman–Crippen LogP) is 1.16. The van der Waals surface area contributed by atoms with Gasteiger partial charge in [-0.2, -0.15) is 0 Å². The van der Waals surface area contributed by atoms with Gasteiger partial charge in [-0.05, 0) is 44.4 Å². The third-order valence-electron chi connectivity index (χ3n) is 5.20. The van der Waals surface area contributed by atoms with Crippen LogP contribution in [0.3, 0.4) is 0 Å². The van der Waals surface area contributed by atoms with E-state index < -0.39 is 0 Å². The molecule has 21 heavy (non-hydrogen) atoms. The maximum absolute atomic E-state index is 12.6. The Morgan fingerprint density at radius 1 is 1.05 bits per heavy atom. The fourth-order valence-electron chi connectivity index (χ4n) is 3.69. The molecule has 0 aromatic heterocycles. The summed E-state index contributed by atoms with van der Waals surface area (Å²) in [5, 5.41) is 3.04. The van der Waals surface area contributed by atoms with Gasteiger partial charge in [-0.1, -0.05) is 12.8 Å². The summed E-state index contributed by atoms with van der Waals surface area (Å²) < 4.78 is 0. The fourth-order valence-corrected chi connectivity index (χ4v) is 3.69. The van der Waals surface area contributed by atoms with Crippen molar-refractivity contribution in [1.29, 1.82) is 0 Å². The molecule has 2 amide bonds. The summed E-state index contributed by atoms with van der Waals surface area (Å²) in [5.74, 6) is 0.487. The van der Waals surface area contributed by atoms with E-state index in [-0.39, 0.29) is 23.9 Å². The number of nitrogens with two attached hydrogens (primary N) is 1. The molecule has 3 fully saturated rings. The lowest BCUT2D eigenvalue weighted by atomic mass is 9.82. The van der Waals surface area contributed by atoms with Gasteiger partial charge < -0.3 is 16.0 Å². The topological polar surface area (TPSA) is 75.4 Å². The van der Waals surface area contributed by atoms with Gasteiger partial charge in [-0.3, -0.25) is 9.59 Å². The second-order valence-electron chi connectivity index (χ2n) is 6.94. The zero-order valence-corrected chi connectivity index (χ0v) is 12.7. The Kier molecular flexibility index (Phi) is 4.48. The molecule has 5 heteroatoms. The molecular weight excluding hydrogens is 266 g/mol. The van der Waals surface area contributed by atoms with Crippen LogP contribution in [-0.2, 0) is 9.59 Å². The average molecular weight is 293 g/mol. The Balaban J connectivity index is 1.55. The highest BCUT2D eigenvalue weighted by Crippen LogP contribution is 2.28. The second kappa shape index (κ2) is 6.34. The van der Waals surface area contributed by atoms with Crippen LogP contribution in [0, 0.1) is 5.92 Å². The first kappa shape index (κ1) is 14.8. The quantitative estimate of drug-likeness (QED) is 0.817. The summed E-state index contributed by atoms with van der Waals surface area (Å²) >= 11 is 0. The first-order chi connectivity index (χ1) is 10.1. The molecule has 0 aromatic carbocycles. The van der Waals surface area contributed by atoms with Crippen molar-refractivity contribution in [2.45, 2.75) is 75.9 Å². The van der Waals surface area contributed by atoms with Gasteiger partial charge in [0.2, 0.25) is 11.8 Å². The highest BCUT2D eigenvalue weighted by Gasteiger charge is 2.37. The van der Waals surface area contributed by atoms with Crippen LogP contribution in [0.5, 0.6) is 0 Å². The number of likely N-dealkylation sites (tertiary alicyclic amines) is 1. The molecule has 0 aromatic rings. The lowest BCUT2D eigenvalue weighted by Crippen LogP contribution is -2.47. The van der Waals surface area contributed by atoms with Gasteiger partial charge in [0.15, 0.2) is 0 Å². The Hall–Kier alpha value is -1.10. The van der Waals surface area contributed by atoms with Crippen LogP contribution >= 0.6 is 0 Å². The minimum Gasteiger partial charge on any atom is -0.352 e. The number of carbonyl (C=O) groups is 2. The van der Waals surface area contributed by atoms with Crippen LogP contribution in [0.25, 0.3) is 0 Å². The Labute approximate surface area is 126 Å².